The van der Waals surface area contributed by atoms with E-state index in [4.69, 9.17) is 5.10 Å². The number of hydrogen-bond acceptors (Lipinski definition) is 5. The lowest BCUT2D eigenvalue weighted by Crippen LogP contribution is -2.37. The Balaban J connectivity index is 1.87. The number of hydrogen-bond donors (Lipinski definition) is 0. The summed E-state index contributed by atoms with van der Waals surface area (Å²) in [5.41, 5.74) is 3.11. The van der Waals surface area contributed by atoms with E-state index in [1.807, 2.05) is 58.4 Å². The van der Waals surface area contributed by atoms with Gasteiger partial charge >= 0.3 is 0 Å². The molecule has 0 spiro atoms. The van der Waals surface area contributed by atoms with Gasteiger partial charge in [0.1, 0.15) is 0 Å². The molecule has 0 unspecified atom stereocenters. The van der Waals surface area contributed by atoms with Crippen molar-refractivity contribution >= 4 is 34.3 Å². The van der Waals surface area contributed by atoms with Gasteiger partial charge in [0.15, 0.2) is 17.8 Å². The number of Topliss-reactive ketones (excluding diaryl/α,β-unsaturated/α-hetero) is 1. The maximum atomic E-state index is 12.4. The minimum atomic E-state index is -0.181. The minimum Gasteiger partial charge on any atom is -0.294 e. The normalized spacial score (nSPS) is 16.7. The number of hydrazone groups is 1. The monoisotopic (exact) mass is 361 g/mol. The Bertz CT molecular complexity index is 933. The van der Waals surface area contributed by atoms with Gasteiger partial charge in [-0.05, 0) is 42.6 Å². The Hall–Kier alpha value is -2.92. The van der Waals surface area contributed by atoms with Gasteiger partial charge in [-0.25, -0.2) is 5.01 Å². The second-order valence-corrected chi connectivity index (χ2v) is 7.23. The molecule has 0 aliphatic carbocycles. The standard InChI is InChI=1S/C21H19N3OS/c1-15-10-12-18(13-11-15)24-21(19-9-6-14-26-19)23(20(22-24)16(2)25)17-7-4-3-5-8-17/h3-14,21H,1-2H3/t21-/m1/s1. The number of amidine groups is 1. The topological polar surface area (TPSA) is 35.9 Å². The fourth-order valence-corrected chi connectivity index (χ4v) is 3.90. The number of ketones is 1. The van der Waals surface area contributed by atoms with Gasteiger partial charge in [0.05, 0.1) is 5.69 Å². The number of benzene rings is 2. The van der Waals surface area contributed by atoms with Gasteiger partial charge in [-0.15, -0.1) is 16.4 Å². The van der Waals surface area contributed by atoms with Crippen LogP contribution in [0.1, 0.15) is 23.5 Å². The molecule has 26 heavy (non-hydrogen) atoms. The van der Waals surface area contributed by atoms with Gasteiger partial charge in [0.25, 0.3) is 0 Å². The van der Waals surface area contributed by atoms with E-state index < -0.39 is 0 Å². The van der Waals surface area contributed by atoms with Crippen LogP contribution in [0.25, 0.3) is 0 Å². The van der Waals surface area contributed by atoms with Crippen molar-refractivity contribution in [2.75, 3.05) is 9.91 Å². The molecular weight excluding hydrogens is 342 g/mol. The number of aryl methyl sites for hydroxylation is 1. The molecule has 0 saturated carbocycles. The first-order valence-electron chi connectivity index (χ1n) is 8.48. The lowest BCUT2D eigenvalue weighted by molar-refractivity contribution is -0.111. The highest BCUT2D eigenvalue weighted by atomic mass is 32.1. The Kier molecular flexibility index (Phi) is 4.31. The summed E-state index contributed by atoms with van der Waals surface area (Å²) >= 11 is 1.67. The van der Waals surface area contributed by atoms with Crippen LogP contribution in [0.4, 0.5) is 11.4 Å². The number of para-hydroxylation sites is 1. The third kappa shape index (κ3) is 2.91. The molecule has 0 amide bonds. The molecule has 1 aliphatic rings. The van der Waals surface area contributed by atoms with Crippen molar-refractivity contribution in [3.63, 3.8) is 0 Å². The summed E-state index contributed by atoms with van der Waals surface area (Å²) in [6.07, 6.45) is -0.181. The largest absolute Gasteiger partial charge is 0.294 e. The van der Waals surface area contributed by atoms with E-state index in [0.29, 0.717) is 5.84 Å². The summed E-state index contributed by atoms with van der Waals surface area (Å²) in [6, 6.07) is 22.3. The molecule has 0 N–H and O–H groups in total. The molecule has 4 rings (SSSR count). The summed E-state index contributed by atoms with van der Waals surface area (Å²) in [7, 11) is 0. The summed E-state index contributed by atoms with van der Waals surface area (Å²) < 4.78 is 0. The van der Waals surface area contributed by atoms with Crippen LogP contribution in [0, 0.1) is 6.92 Å². The van der Waals surface area contributed by atoms with Gasteiger partial charge in [0.2, 0.25) is 0 Å². The number of rotatable bonds is 4. The van der Waals surface area contributed by atoms with Crippen molar-refractivity contribution in [1.82, 2.24) is 0 Å². The van der Waals surface area contributed by atoms with Gasteiger partial charge in [-0.2, -0.15) is 0 Å². The third-order valence-corrected chi connectivity index (χ3v) is 5.26. The quantitative estimate of drug-likeness (QED) is 0.657. The number of thiophene rings is 1. The van der Waals surface area contributed by atoms with E-state index in [9.17, 15) is 4.79 Å². The van der Waals surface area contributed by atoms with Crippen LogP contribution in [-0.2, 0) is 4.79 Å². The molecule has 1 aromatic heterocycles. The first kappa shape index (κ1) is 16.5. The number of carbonyl (C=O) groups excluding carboxylic acids is 1. The van der Waals surface area contributed by atoms with Crippen molar-refractivity contribution in [3.8, 4) is 0 Å². The van der Waals surface area contributed by atoms with Crippen LogP contribution in [0.3, 0.4) is 0 Å². The first-order chi connectivity index (χ1) is 12.6. The number of carbonyl (C=O) groups is 1. The highest BCUT2D eigenvalue weighted by molar-refractivity contribution is 7.10. The number of anilines is 2. The van der Waals surface area contributed by atoms with Crippen molar-refractivity contribution in [2.45, 2.75) is 20.0 Å². The molecule has 0 bridgehead atoms. The van der Waals surface area contributed by atoms with Crippen molar-refractivity contribution in [3.05, 3.63) is 82.6 Å². The summed E-state index contributed by atoms with van der Waals surface area (Å²) in [5, 5.41) is 8.71. The highest BCUT2D eigenvalue weighted by Gasteiger charge is 2.39. The van der Waals surface area contributed by atoms with E-state index in [0.717, 1.165) is 16.3 Å². The molecule has 1 atom stereocenters. The van der Waals surface area contributed by atoms with Crippen molar-refractivity contribution in [2.24, 2.45) is 5.10 Å². The van der Waals surface area contributed by atoms with Crippen LogP contribution < -0.4 is 9.91 Å². The highest BCUT2D eigenvalue weighted by Crippen LogP contribution is 2.40. The maximum Gasteiger partial charge on any atom is 0.198 e. The van der Waals surface area contributed by atoms with E-state index in [2.05, 4.69) is 30.5 Å². The van der Waals surface area contributed by atoms with Gasteiger partial charge in [-0.3, -0.25) is 9.69 Å². The lowest BCUT2D eigenvalue weighted by atomic mass is 10.2. The molecule has 0 saturated heterocycles. The Morgan fingerprint density at radius 2 is 1.69 bits per heavy atom. The molecule has 2 aromatic carbocycles. The fourth-order valence-electron chi connectivity index (χ4n) is 3.10. The second kappa shape index (κ2) is 6.77. The summed E-state index contributed by atoms with van der Waals surface area (Å²) in [6.45, 7) is 3.63. The first-order valence-corrected chi connectivity index (χ1v) is 9.36. The third-order valence-electron chi connectivity index (χ3n) is 4.35. The van der Waals surface area contributed by atoms with E-state index in [1.165, 1.54) is 5.56 Å². The zero-order valence-electron chi connectivity index (χ0n) is 14.7. The van der Waals surface area contributed by atoms with E-state index in [1.54, 1.807) is 18.3 Å². The second-order valence-electron chi connectivity index (χ2n) is 6.25. The molecule has 1 aliphatic heterocycles. The van der Waals surface area contributed by atoms with Crippen LogP contribution in [0.2, 0.25) is 0 Å². The average molecular weight is 361 g/mol. The molecular formula is C21H19N3OS. The fraction of sp³-hybridized carbons (Fsp3) is 0.143. The number of nitrogens with zero attached hydrogens (tertiary/aromatic N) is 3. The van der Waals surface area contributed by atoms with Crippen LogP contribution in [0.15, 0.2) is 77.2 Å². The van der Waals surface area contributed by atoms with Crippen molar-refractivity contribution < 1.29 is 4.79 Å². The van der Waals surface area contributed by atoms with Gasteiger partial charge in [0, 0.05) is 17.5 Å². The molecule has 3 aromatic rings. The summed E-state index contributed by atoms with van der Waals surface area (Å²) in [4.78, 5) is 15.5. The van der Waals surface area contributed by atoms with Crippen LogP contribution in [-0.4, -0.2) is 11.6 Å². The molecule has 130 valence electrons. The predicted octanol–water partition coefficient (Wildman–Crippen LogP) is 4.98. The molecule has 0 radical (unpaired) electrons. The predicted molar refractivity (Wildman–Crippen MR) is 108 cm³/mol. The Labute approximate surface area is 157 Å². The molecule has 0 fully saturated rings. The van der Waals surface area contributed by atoms with Crippen molar-refractivity contribution in [1.29, 1.82) is 0 Å². The summed E-state index contributed by atoms with van der Waals surface area (Å²) in [5.74, 6) is 0.403. The van der Waals surface area contributed by atoms with Crippen LogP contribution in [0.5, 0.6) is 0 Å². The van der Waals surface area contributed by atoms with E-state index in [-0.39, 0.29) is 11.9 Å². The zero-order valence-corrected chi connectivity index (χ0v) is 15.5. The van der Waals surface area contributed by atoms with E-state index >= 15 is 0 Å². The SMILES string of the molecule is CC(=O)C1=NN(c2ccc(C)cc2)[C@H](c2cccs2)N1c1ccccc1. The maximum absolute atomic E-state index is 12.4. The van der Waals surface area contributed by atoms with Gasteiger partial charge in [-0.1, -0.05) is 42.0 Å². The lowest BCUT2D eigenvalue weighted by Gasteiger charge is -2.31. The van der Waals surface area contributed by atoms with Crippen LogP contribution >= 0.6 is 11.3 Å². The average Bonchev–Trinajstić information content (AvgIpc) is 3.30. The molecule has 4 nitrogen and oxygen atoms in total. The smallest absolute Gasteiger partial charge is 0.198 e. The van der Waals surface area contributed by atoms with Gasteiger partial charge < -0.3 is 0 Å². The Morgan fingerprint density at radius 1 is 0.962 bits per heavy atom. The molecule has 5 heteroatoms. The minimum absolute atomic E-state index is 0.0509. The Morgan fingerprint density at radius 3 is 2.31 bits per heavy atom. The molecule has 2 heterocycles. The zero-order chi connectivity index (χ0) is 18.1.